The van der Waals surface area contributed by atoms with E-state index in [-0.39, 0.29) is 5.88 Å². The summed E-state index contributed by atoms with van der Waals surface area (Å²) in [7, 11) is 0. The molecule has 0 spiro atoms. The molecule has 0 aliphatic heterocycles. The molecule has 56 valence electrons. The molecule has 0 aromatic carbocycles. The molecule has 0 saturated carbocycles. The van der Waals surface area contributed by atoms with Crippen LogP contribution in [0.1, 0.15) is 0 Å². The van der Waals surface area contributed by atoms with E-state index in [1.165, 1.54) is 17.4 Å². The van der Waals surface area contributed by atoms with E-state index in [1.54, 1.807) is 6.07 Å². The van der Waals surface area contributed by atoms with Crippen molar-refractivity contribution in [1.29, 1.82) is 0 Å². The summed E-state index contributed by atoms with van der Waals surface area (Å²) >= 11 is 1.35. The Bertz CT molecular complexity index is 374. The van der Waals surface area contributed by atoms with Crippen LogP contribution in [-0.2, 0) is 0 Å². The van der Waals surface area contributed by atoms with E-state index in [2.05, 4.69) is 0 Å². The van der Waals surface area contributed by atoms with Crippen molar-refractivity contribution in [3.63, 3.8) is 0 Å². The molecular weight excluding hydrogens is 166 g/mol. The third-order valence-electron chi connectivity index (χ3n) is 1.31. The first-order valence-electron chi connectivity index (χ1n) is 2.89. The number of nitrogens with zero attached hydrogens (tertiary/aromatic N) is 1. The van der Waals surface area contributed by atoms with Crippen molar-refractivity contribution < 1.29 is 9.34 Å². The Balaban J connectivity index is 2.67. The average Bonchev–Trinajstić information content (AvgIpc) is 2.40. The second-order valence-corrected chi connectivity index (χ2v) is 2.88. The lowest BCUT2D eigenvalue weighted by atomic mass is 10.4. The Morgan fingerprint density at radius 1 is 1.64 bits per heavy atom. The summed E-state index contributed by atoms with van der Waals surface area (Å²) in [6, 6.07) is 3.21. The van der Waals surface area contributed by atoms with Gasteiger partial charge in [0.2, 0.25) is 0 Å². The molecule has 0 radical (unpaired) electrons. The average molecular weight is 169 g/mol. The predicted molar refractivity (Wildman–Crippen MR) is 40.7 cm³/mol. The molecule has 0 N–H and O–H groups in total. The van der Waals surface area contributed by atoms with Gasteiger partial charge in [-0.3, -0.25) is 10.1 Å². The minimum atomic E-state index is -0.535. The van der Waals surface area contributed by atoms with Crippen LogP contribution in [0, 0.1) is 10.1 Å². The van der Waals surface area contributed by atoms with Crippen LogP contribution in [0.2, 0.25) is 0 Å². The molecule has 0 bridgehead atoms. The van der Waals surface area contributed by atoms with E-state index in [4.69, 9.17) is 4.42 Å². The van der Waals surface area contributed by atoms with Crippen LogP contribution >= 0.6 is 11.3 Å². The van der Waals surface area contributed by atoms with Gasteiger partial charge in [0.1, 0.15) is 4.92 Å². The Morgan fingerprint density at radius 2 is 2.45 bits per heavy atom. The maximum atomic E-state index is 10.2. The monoisotopic (exact) mass is 169 g/mol. The molecule has 0 fully saturated rings. The van der Waals surface area contributed by atoms with Gasteiger partial charge in [-0.05, 0) is 11.4 Å². The lowest BCUT2D eigenvalue weighted by Crippen LogP contribution is -1.82. The number of hydrogen-bond donors (Lipinski definition) is 0. The van der Waals surface area contributed by atoms with Gasteiger partial charge in [0.15, 0.2) is 4.90 Å². The molecule has 0 atom stereocenters. The van der Waals surface area contributed by atoms with Gasteiger partial charge >= 0.3 is 5.88 Å². The van der Waals surface area contributed by atoms with E-state index >= 15 is 0 Å². The minimum Gasteiger partial charge on any atom is -0.390 e. The smallest absolute Gasteiger partial charge is 0.390 e. The summed E-state index contributed by atoms with van der Waals surface area (Å²) in [5.41, 5.74) is 0. The van der Waals surface area contributed by atoms with E-state index in [0.717, 1.165) is 5.39 Å². The van der Waals surface area contributed by atoms with E-state index in [1.807, 2.05) is 5.38 Å². The predicted octanol–water partition coefficient (Wildman–Crippen LogP) is 2.40. The highest BCUT2D eigenvalue weighted by Gasteiger charge is 2.13. The Kier molecular flexibility index (Phi) is 1.19. The topological polar surface area (TPSA) is 56.3 Å². The highest BCUT2D eigenvalue weighted by atomic mass is 32.1. The SMILES string of the molecule is O=[N+]([O-])c1cc2ccsc2o1. The zero-order chi connectivity index (χ0) is 7.84. The zero-order valence-corrected chi connectivity index (χ0v) is 6.13. The van der Waals surface area contributed by atoms with Gasteiger partial charge in [0.25, 0.3) is 0 Å². The molecule has 0 unspecified atom stereocenters. The third-order valence-corrected chi connectivity index (χ3v) is 2.12. The summed E-state index contributed by atoms with van der Waals surface area (Å²) in [6.07, 6.45) is 0. The maximum Gasteiger partial charge on any atom is 0.434 e. The lowest BCUT2D eigenvalue weighted by molar-refractivity contribution is -0.401. The van der Waals surface area contributed by atoms with Crippen molar-refractivity contribution in [2.45, 2.75) is 0 Å². The van der Waals surface area contributed by atoms with Crippen LogP contribution in [-0.4, -0.2) is 4.92 Å². The highest BCUT2D eigenvalue weighted by Crippen LogP contribution is 2.28. The molecule has 2 aromatic rings. The van der Waals surface area contributed by atoms with Crippen LogP contribution < -0.4 is 0 Å². The van der Waals surface area contributed by atoms with Crippen LogP contribution in [0.4, 0.5) is 5.88 Å². The van der Waals surface area contributed by atoms with Gasteiger partial charge in [-0.1, -0.05) is 0 Å². The van der Waals surface area contributed by atoms with Crippen LogP contribution in [0.15, 0.2) is 21.9 Å². The molecule has 0 aliphatic rings. The van der Waals surface area contributed by atoms with E-state index in [9.17, 15) is 10.1 Å². The van der Waals surface area contributed by atoms with E-state index < -0.39 is 4.92 Å². The third kappa shape index (κ3) is 0.894. The van der Waals surface area contributed by atoms with Crippen LogP contribution in [0.3, 0.4) is 0 Å². The molecule has 5 heteroatoms. The zero-order valence-electron chi connectivity index (χ0n) is 5.31. The number of thiophene rings is 1. The molecule has 11 heavy (non-hydrogen) atoms. The summed E-state index contributed by atoms with van der Waals surface area (Å²) < 4.78 is 4.89. The maximum absolute atomic E-state index is 10.2. The Morgan fingerprint density at radius 3 is 3.09 bits per heavy atom. The van der Waals surface area contributed by atoms with Gasteiger partial charge in [-0.25, -0.2) is 0 Å². The first kappa shape index (κ1) is 6.36. The summed E-state index contributed by atoms with van der Waals surface area (Å²) in [5.74, 6) is -0.188. The molecular formula is C6H3NO3S. The van der Waals surface area contributed by atoms with Gasteiger partial charge in [0.05, 0.1) is 6.07 Å². The van der Waals surface area contributed by atoms with Gasteiger partial charge < -0.3 is 4.42 Å². The fourth-order valence-corrected chi connectivity index (χ4v) is 1.58. The molecule has 2 rings (SSSR count). The van der Waals surface area contributed by atoms with E-state index in [0.29, 0.717) is 4.90 Å². The van der Waals surface area contributed by atoms with Crippen LogP contribution in [0.25, 0.3) is 10.3 Å². The molecule has 0 amide bonds. The molecule has 2 aromatic heterocycles. The molecule has 0 saturated heterocycles. The molecule has 2 heterocycles. The number of hydrogen-bond acceptors (Lipinski definition) is 4. The minimum absolute atomic E-state index is 0.188. The number of rotatable bonds is 1. The van der Waals surface area contributed by atoms with Crippen molar-refractivity contribution in [2.75, 3.05) is 0 Å². The normalized spacial score (nSPS) is 10.5. The standard InChI is InChI=1S/C6H3NO3S/c8-7(9)5-3-4-1-2-11-6(4)10-5/h1-3H. The fraction of sp³-hybridized carbons (Fsp3) is 0. The van der Waals surface area contributed by atoms with Gasteiger partial charge in [-0.2, -0.15) is 0 Å². The number of nitro groups is 1. The van der Waals surface area contributed by atoms with Crippen molar-refractivity contribution in [1.82, 2.24) is 0 Å². The molecule has 4 nitrogen and oxygen atoms in total. The largest absolute Gasteiger partial charge is 0.434 e. The van der Waals surface area contributed by atoms with Crippen LogP contribution in [0.5, 0.6) is 0 Å². The molecule has 0 aliphatic carbocycles. The summed E-state index contributed by atoms with van der Waals surface area (Å²) in [6.45, 7) is 0. The van der Waals surface area contributed by atoms with Crippen molar-refractivity contribution in [2.24, 2.45) is 0 Å². The first-order chi connectivity index (χ1) is 5.27. The summed E-state index contributed by atoms with van der Waals surface area (Å²) in [5, 5.41) is 12.8. The van der Waals surface area contributed by atoms with Crippen molar-refractivity contribution >= 4 is 27.5 Å². The summed E-state index contributed by atoms with van der Waals surface area (Å²) in [4.78, 5) is 10.3. The Labute approximate surface area is 65.2 Å². The second kappa shape index (κ2) is 2.06. The van der Waals surface area contributed by atoms with Crippen molar-refractivity contribution in [3.8, 4) is 0 Å². The number of furan rings is 1. The van der Waals surface area contributed by atoms with Gasteiger partial charge in [-0.15, -0.1) is 11.3 Å². The van der Waals surface area contributed by atoms with Crippen molar-refractivity contribution in [3.05, 3.63) is 27.6 Å². The quantitative estimate of drug-likeness (QED) is 0.486. The fourth-order valence-electron chi connectivity index (χ4n) is 0.843. The number of fused-ring (bicyclic) bond motifs is 1. The second-order valence-electron chi connectivity index (χ2n) is 2.01. The van der Waals surface area contributed by atoms with Gasteiger partial charge in [0, 0.05) is 5.39 Å². The highest BCUT2D eigenvalue weighted by molar-refractivity contribution is 7.16. The Hall–Kier alpha value is -1.36. The lowest BCUT2D eigenvalue weighted by Gasteiger charge is -1.78. The first-order valence-corrected chi connectivity index (χ1v) is 3.77.